The first-order valence-corrected chi connectivity index (χ1v) is 9.87. The Kier molecular flexibility index (Phi) is 6.67. The molecule has 0 aliphatic rings. The number of rotatable bonds is 7. The number of hydrogen-bond donors (Lipinski definition) is 2. The van der Waals surface area contributed by atoms with Crippen LogP contribution in [-0.2, 0) is 10.5 Å². The topological polar surface area (TPSA) is 97.1 Å². The smallest absolute Gasteiger partial charge is 0.251 e. The highest BCUT2D eigenvalue weighted by Gasteiger charge is 2.12. The highest BCUT2D eigenvalue weighted by Crippen LogP contribution is 2.25. The minimum Gasteiger partial charge on any atom is -0.355 e. The highest BCUT2D eigenvalue weighted by atomic mass is 35.5. The molecule has 9 heteroatoms. The third-order valence-corrected chi connectivity index (χ3v) is 4.95. The SMILES string of the molecule is CNC(=O)c1ccc(NC(=O)CSCc2nc(-c3ccccc3Cl)no2)cc1. The maximum absolute atomic E-state index is 12.1. The number of carbonyl (C=O) groups is 2. The molecule has 1 aromatic heterocycles. The Morgan fingerprint density at radius 1 is 1.14 bits per heavy atom. The van der Waals surface area contributed by atoms with E-state index in [-0.39, 0.29) is 17.6 Å². The van der Waals surface area contributed by atoms with Gasteiger partial charge in [0.05, 0.1) is 16.5 Å². The highest BCUT2D eigenvalue weighted by molar-refractivity contribution is 7.99. The average molecular weight is 417 g/mol. The fourth-order valence-corrected chi connectivity index (χ4v) is 3.21. The Balaban J connectivity index is 1.48. The number of nitrogens with zero attached hydrogens (tertiary/aromatic N) is 2. The van der Waals surface area contributed by atoms with Crippen LogP contribution in [0.2, 0.25) is 5.02 Å². The van der Waals surface area contributed by atoms with E-state index in [4.69, 9.17) is 16.1 Å². The molecule has 0 atom stereocenters. The number of hydrogen-bond acceptors (Lipinski definition) is 6. The first-order chi connectivity index (χ1) is 13.6. The largest absolute Gasteiger partial charge is 0.355 e. The monoisotopic (exact) mass is 416 g/mol. The summed E-state index contributed by atoms with van der Waals surface area (Å²) < 4.78 is 5.21. The minimum atomic E-state index is -0.177. The molecule has 1 heterocycles. The Morgan fingerprint density at radius 3 is 2.61 bits per heavy atom. The number of nitrogens with one attached hydrogen (secondary N) is 2. The van der Waals surface area contributed by atoms with Crippen molar-refractivity contribution < 1.29 is 14.1 Å². The van der Waals surface area contributed by atoms with Crippen LogP contribution in [0.15, 0.2) is 53.1 Å². The van der Waals surface area contributed by atoms with E-state index in [0.29, 0.717) is 39.3 Å². The fraction of sp³-hybridized carbons (Fsp3) is 0.158. The van der Waals surface area contributed by atoms with E-state index < -0.39 is 0 Å². The van der Waals surface area contributed by atoms with E-state index in [1.54, 1.807) is 37.4 Å². The first-order valence-electron chi connectivity index (χ1n) is 8.34. The summed E-state index contributed by atoms with van der Waals surface area (Å²) in [6.07, 6.45) is 0. The van der Waals surface area contributed by atoms with Crippen molar-refractivity contribution in [1.29, 1.82) is 0 Å². The Morgan fingerprint density at radius 2 is 1.89 bits per heavy atom. The summed E-state index contributed by atoms with van der Waals surface area (Å²) in [6.45, 7) is 0. The van der Waals surface area contributed by atoms with Crippen LogP contribution >= 0.6 is 23.4 Å². The fourth-order valence-electron chi connectivity index (χ4n) is 2.34. The molecular weight excluding hydrogens is 400 g/mol. The lowest BCUT2D eigenvalue weighted by molar-refractivity contribution is -0.113. The quantitative estimate of drug-likeness (QED) is 0.610. The molecule has 2 amide bonds. The average Bonchev–Trinajstić information content (AvgIpc) is 3.17. The number of benzene rings is 2. The summed E-state index contributed by atoms with van der Waals surface area (Å²) in [5.74, 6) is 1.12. The lowest BCUT2D eigenvalue weighted by Crippen LogP contribution is -2.18. The van der Waals surface area contributed by atoms with Crippen molar-refractivity contribution in [2.45, 2.75) is 5.75 Å². The van der Waals surface area contributed by atoms with Crippen LogP contribution in [0.25, 0.3) is 11.4 Å². The van der Waals surface area contributed by atoms with Crippen molar-refractivity contribution in [2.75, 3.05) is 18.1 Å². The summed E-state index contributed by atoms with van der Waals surface area (Å²) in [4.78, 5) is 27.9. The summed E-state index contributed by atoms with van der Waals surface area (Å²) in [6, 6.07) is 13.9. The summed E-state index contributed by atoms with van der Waals surface area (Å²) in [5, 5.41) is 9.79. The second-order valence-corrected chi connectivity index (χ2v) is 7.08. The number of aromatic nitrogens is 2. The minimum absolute atomic E-state index is 0.163. The Labute approximate surface area is 170 Å². The van der Waals surface area contributed by atoms with Gasteiger partial charge < -0.3 is 15.2 Å². The molecule has 0 bridgehead atoms. The van der Waals surface area contributed by atoms with Crippen molar-refractivity contribution in [3.63, 3.8) is 0 Å². The molecule has 0 spiro atoms. The van der Waals surface area contributed by atoms with Gasteiger partial charge in [0.1, 0.15) is 0 Å². The van der Waals surface area contributed by atoms with E-state index in [0.717, 1.165) is 0 Å². The molecule has 0 radical (unpaired) electrons. The lowest BCUT2D eigenvalue weighted by Gasteiger charge is -2.05. The van der Waals surface area contributed by atoms with Gasteiger partial charge in [-0.05, 0) is 36.4 Å². The van der Waals surface area contributed by atoms with Gasteiger partial charge in [-0.1, -0.05) is 28.9 Å². The molecule has 7 nitrogen and oxygen atoms in total. The van der Waals surface area contributed by atoms with Gasteiger partial charge in [0.2, 0.25) is 17.6 Å². The number of amides is 2. The van der Waals surface area contributed by atoms with Crippen molar-refractivity contribution in [2.24, 2.45) is 0 Å². The van der Waals surface area contributed by atoms with E-state index >= 15 is 0 Å². The number of anilines is 1. The molecule has 0 unspecified atom stereocenters. The molecule has 3 aromatic rings. The van der Waals surface area contributed by atoms with Crippen LogP contribution in [-0.4, -0.2) is 34.8 Å². The Hall–Kier alpha value is -2.84. The lowest BCUT2D eigenvalue weighted by atomic mass is 10.2. The van der Waals surface area contributed by atoms with Gasteiger partial charge in [0.15, 0.2) is 0 Å². The number of carbonyl (C=O) groups excluding carboxylic acids is 2. The van der Waals surface area contributed by atoms with Gasteiger partial charge in [-0.25, -0.2) is 0 Å². The molecule has 0 aliphatic carbocycles. The normalized spacial score (nSPS) is 10.5. The van der Waals surface area contributed by atoms with Gasteiger partial charge in [-0.3, -0.25) is 9.59 Å². The summed E-state index contributed by atoms with van der Waals surface area (Å²) >= 11 is 7.48. The molecule has 0 saturated carbocycles. The molecular formula is C19H17ClN4O3S. The predicted octanol–water partition coefficient (Wildman–Crippen LogP) is 3.62. The molecule has 0 aliphatic heterocycles. The molecule has 0 fully saturated rings. The molecule has 3 rings (SSSR count). The van der Waals surface area contributed by atoms with Crippen LogP contribution in [0.1, 0.15) is 16.2 Å². The first kappa shape index (κ1) is 19.9. The zero-order valence-corrected chi connectivity index (χ0v) is 16.5. The van der Waals surface area contributed by atoms with Crippen LogP contribution in [0.4, 0.5) is 5.69 Å². The number of halogens is 1. The predicted molar refractivity (Wildman–Crippen MR) is 109 cm³/mol. The summed E-state index contributed by atoms with van der Waals surface area (Å²) in [7, 11) is 1.57. The van der Waals surface area contributed by atoms with Crippen LogP contribution < -0.4 is 10.6 Å². The van der Waals surface area contributed by atoms with Gasteiger partial charge in [0.25, 0.3) is 5.91 Å². The third kappa shape index (κ3) is 5.11. The number of thioether (sulfide) groups is 1. The molecule has 144 valence electrons. The van der Waals surface area contributed by atoms with Crippen molar-refractivity contribution in [3.05, 3.63) is 65.0 Å². The van der Waals surface area contributed by atoms with E-state index in [2.05, 4.69) is 20.8 Å². The summed E-state index contributed by atoms with van der Waals surface area (Å²) in [5.41, 5.74) is 1.85. The van der Waals surface area contributed by atoms with Gasteiger partial charge in [-0.2, -0.15) is 4.98 Å². The van der Waals surface area contributed by atoms with Crippen molar-refractivity contribution >= 4 is 40.9 Å². The standard InChI is InChI=1S/C19H17ClN4O3S/c1-21-19(26)12-6-8-13(9-7-12)22-16(25)10-28-11-17-23-18(24-27-17)14-4-2-3-5-15(14)20/h2-9H,10-11H2,1H3,(H,21,26)(H,22,25). The zero-order valence-electron chi connectivity index (χ0n) is 14.9. The second-order valence-electron chi connectivity index (χ2n) is 5.69. The van der Waals surface area contributed by atoms with Crippen LogP contribution in [0, 0.1) is 0 Å². The van der Waals surface area contributed by atoms with Gasteiger partial charge in [-0.15, -0.1) is 11.8 Å². The zero-order chi connectivity index (χ0) is 19.9. The second kappa shape index (κ2) is 9.38. The van der Waals surface area contributed by atoms with E-state index in [9.17, 15) is 9.59 Å². The van der Waals surface area contributed by atoms with Gasteiger partial charge >= 0.3 is 0 Å². The van der Waals surface area contributed by atoms with Crippen molar-refractivity contribution in [3.8, 4) is 11.4 Å². The van der Waals surface area contributed by atoms with Gasteiger partial charge in [0, 0.05) is 23.9 Å². The molecule has 2 aromatic carbocycles. The molecule has 28 heavy (non-hydrogen) atoms. The van der Waals surface area contributed by atoms with E-state index in [1.807, 2.05) is 18.2 Å². The Bertz CT molecular complexity index is 975. The molecule has 0 saturated heterocycles. The molecule has 2 N–H and O–H groups in total. The van der Waals surface area contributed by atoms with Crippen molar-refractivity contribution in [1.82, 2.24) is 15.5 Å². The van der Waals surface area contributed by atoms with Crippen LogP contribution in [0.3, 0.4) is 0 Å². The maximum atomic E-state index is 12.1. The maximum Gasteiger partial charge on any atom is 0.251 e. The van der Waals surface area contributed by atoms with Crippen LogP contribution in [0.5, 0.6) is 0 Å². The van der Waals surface area contributed by atoms with E-state index in [1.165, 1.54) is 11.8 Å². The third-order valence-electron chi connectivity index (χ3n) is 3.70.